The molecule has 2 aliphatic rings. The van der Waals surface area contributed by atoms with E-state index in [1.54, 1.807) is 0 Å². The molecule has 1 aliphatic heterocycles. The van der Waals surface area contributed by atoms with E-state index in [1.165, 1.54) is 38.5 Å². The van der Waals surface area contributed by atoms with Crippen LogP contribution in [0.5, 0.6) is 0 Å². The highest BCUT2D eigenvalue weighted by molar-refractivity contribution is 4.87. The summed E-state index contributed by atoms with van der Waals surface area (Å²) in [5, 5.41) is 0. The average molecular weight is 196 g/mol. The molecule has 2 fully saturated rings. The Balaban J connectivity index is 1.87. The summed E-state index contributed by atoms with van der Waals surface area (Å²) in [6.07, 6.45) is 8.55. The zero-order valence-electron chi connectivity index (χ0n) is 9.72. The normalized spacial score (nSPS) is 28.5. The van der Waals surface area contributed by atoms with Crippen LogP contribution >= 0.6 is 0 Å². The first kappa shape index (κ1) is 10.5. The molecule has 0 unspecified atom stereocenters. The number of hydrogen-bond donors (Lipinski definition) is 0. The van der Waals surface area contributed by atoms with Gasteiger partial charge in [0.15, 0.2) is 0 Å². The molecule has 0 bridgehead atoms. The van der Waals surface area contributed by atoms with Gasteiger partial charge in [0.05, 0.1) is 0 Å². The van der Waals surface area contributed by atoms with Crippen molar-refractivity contribution in [3.8, 4) is 0 Å². The molecule has 82 valence electrons. The second-order valence-corrected chi connectivity index (χ2v) is 5.69. The van der Waals surface area contributed by atoms with Gasteiger partial charge in [0.2, 0.25) is 0 Å². The molecule has 0 aromatic carbocycles. The molecule has 0 aromatic rings. The molecule has 0 atom stereocenters. The van der Waals surface area contributed by atoms with E-state index in [9.17, 15) is 0 Å². The topological polar surface area (TPSA) is 9.23 Å². The second-order valence-electron chi connectivity index (χ2n) is 5.69. The van der Waals surface area contributed by atoms with E-state index in [-0.39, 0.29) is 0 Å². The molecule has 2 rings (SSSR count). The summed E-state index contributed by atoms with van der Waals surface area (Å²) in [5.41, 5.74) is 0.698. The van der Waals surface area contributed by atoms with Crippen molar-refractivity contribution < 1.29 is 4.74 Å². The van der Waals surface area contributed by atoms with Crippen molar-refractivity contribution in [1.29, 1.82) is 0 Å². The van der Waals surface area contributed by atoms with E-state index in [0.29, 0.717) is 5.41 Å². The van der Waals surface area contributed by atoms with E-state index < -0.39 is 0 Å². The minimum atomic E-state index is 0.698. The molecule has 0 aromatic heterocycles. The number of rotatable bonds is 1. The molecule has 1 aliphatic carbocycles. The van der Waals surface area contributed by atoms with Gasteiger partial charge in [-0.15, -0.1) is 0 Å². The maximum atomic E-state index is 5.47. The summed E-state index contributed by atoms with van der Waals surface area (Å²) in [6, 6.07) is 0. The molecule has 1 saturated heterocycles. The standard InChI is InChI=1S/C13H24O/c1-11(2)12-3-5-13(6-4-12)7-9-14-10-8-13/h11-12H,3-10H2,1-2H3. The lowest BCUT2D eigenvalue weighted by Crippen LogP contribution is -2.34. The molecule has 1 heterocycles. The summed E-state index contributed by atoms with van der Waals surface area (Å²) >= 11 is 0. The van der Waals surface area contributed by atoms with Crippen molar-refractivity contribution >= 4 is 0 Å². The highest BCUT2D eigenvalue weighted by Gasteiger charge is 2.36. The van der Waals surface area contributed by atoms with Crippen molar-refractivity contribution in [2.24, 2.45) is 17.3 Å². The van der Waals surface area contributed by atoms with Crippen LogP contribution in [0.1, 0.15) is 52.4 Å². The van der Waals surface area contributed by atoms with Crippen LogP contribution in [0.3, 0.4) is 0 Å². The third-order valence-corrected chi connectivity index (χ3v) is 4.59. The quantitative estimate of drug-likeness (QED) is 0.622. The van der Waals surface area contributed by atoms with Crippen LogP contribution in [0.25, 0.3) is 0 Å². The zero-order valence-corrected chi connectivity index (χ0v) is 9.72. The highest BCUT2D eigenvalue weighted by atomic mass is 16.5. The maximum Gasteiger partial charge on any atom is 0.0471 e. The lowest BCUT2D eigenvalue weighted by molar-refractivity contribution is -0.0165. The minimum absolute atomic E-state index is 0.698. The van der Waals surface area contributed by atoms with Gasteiger partial charge < -0.3 is 4.74 Å². The molecule has 1 saturated carbocycles. The van der Waals surface area contributed by atoms with Crippen molar-refractivity contribution in [2.45, 2.75) is 52.4 Å². The molecule has 14 heavy (non-hydrogen) atoms. The third kappa shape index (κ3) is 2.13. The van der Waals surface area contributed by atoms with Crippen LogP contribution in [0, 0.1) is 17.3 Å². The fourth-order valence-electron chi connectivity index (χ4n) is 3.22. The molecule has 0 radical (unpaired) electrons. The van der Waals surface area contributed by atoms with E-state index in [0.717, 1.165) is 25.0 Å². The van der Waals surface area contributed by atoms with Crippen LogP contribution in [-0.2, 0) is 4.74 Å². The van der Waals surface area contributed by atoms with Gasteiger partial charge in [-0.05, 0) is 55.8 Å². The van der Waals surface area contributed by atoms with E-state index in [4.69, 9.17) is 4.74 Å². The number of ether oxygens (including phenoxy) is 1. The SMILES string of the molecule is CC(C)C1CCC2(CCOCC2)CC1. The first-order chi connectivity index (χ1) is 6.72. The Bertz CT molecular complexity index is 170. The first-order valence-electron chi connectivity index (χ1n) is 6.30. The van der Waals surface area contributed by atoms with Gasteiger partial charge in [-0.1, -0.05) is 13.8 Å². The van der Waals surface area contributed by atoms with Gasteiger partial charge in [-0.3, -0.25) is 0 Å². The Labute approximate surface area is 88.2 Å². The van der Waals surface area contributed by atoms with Gasteiger partial charge in [0.25, 0.3) is 0 Å². The average Bonchev–Trinajstić information content (AvgIpc) is 2.19. The molecule has 0 N–H and O–H groups in total. The lowest BCUT2D eigenvalue weighted by atomic mass is 9.64. The molecular weight excluding hydrogens is 172 g/mol. The Kier molecular flexibility index (Phi) is 3.16. The van der Waals surface area contributed by atoms with Crippen molar-refractivity contribution in [3.63, 3.8) is 0 Å². The minimum Gasteiger partial charge on any atom is -0.381 e. The summed E-state index contributed by atoms with van der Waals surface area (Å²) in [4.78, 5) is 0. The second kappa shape index (κ2) is 4.22. The predicted octanol–water partition coefficient (Wildman–Crippen LogP) is 3.63. The Morgan fingerprint density at radius 3 is 2.07 bits per heavy atom. The van der Waals surface area contributed by atoms with Crippen LogP contribution in [0.4, 0.5) is 0 Å². The maximum absolute atomic E-state index is 5.47. The lowest BCUT2D eigenvalue weighted by Gasteiger charge is -2.43. The van der Waals surface area contributed by atoms with E-state index in [2.05, 4.69) is 13.8 Å². The van der Waals surface area contributed by atoms with Gasteiger partial charge in [-0.25, -0.2) is 0 Å². The van der Waals surface area contributed by atoms with Crippen LogP contribution in [0.15, 0.2) is 0 Å². The fourth-order valence-corrected chi connectivity index (χ4v) is 3.22. The third-order valence-electron chi connectivity index (χ3n) is 4.59. The monoisotopic (exact) mass is 196 g/mol. The van der Waals surface area contributed by atoms with Gasteiger partial charge in [0.1, 0.15) is 0 Å². The fraction of sp³-hybridized carbons (Fsp3) is 1.00. The van der Waals surface area contributed by atoms with Gasteiger partial charge in [-0.2, -0.15) is 0 Å². The summed E-state index contributed by atoms with van der Waals surface area (Å²) < 4.78 is 5.47. The van der Waals surface area contributed by atoms with Crippen molar-refractivity contribution in [1.82, 2.24) is 0 Å². The Morgan fingerprint density at radius 2 is 1.57 bits per heavy atom. The first-order valence-corrected chi connectivity index (χ1v) is 6.30. The highest BCUT2D eigenvalue weighted by Crippen LogP contribution is 2.47. The molecule has 1 heteroatoms. The van der Waals surface area contributed by atoms with Crippen molar-refractivity contribution in [2.75, 3.05) is 13.2 Å². The van der Waals surface area contributed by atoms with Gasteiger partial charge >= 0.3 is 0 Å². The van der Waals surface area contributed by atoms with Crippen LogP contribution in [-0.4, -0.2) is 13.2 Å². The molecular formula is C13H24O. The van der Waals surface area contributed by atoms with E-state index in [1.807, 2.05) is 0 Å². The molecule has 1 spiro atoms. The Hall–Kier alpha value is -0.0400. The summed E-state index contributed by atoms with van der Waals surface area (Å²) in [5.74, 6) is 1.90. The summed E-state index contributed by atoms with van der Waals surface area (Å²) in [7, 11) is 0. The molecule has 1 nitrogen and oxygen atoms in total. The smallest absolute Gasteiger partial charge is 0.0471 e. The zero-order chi connectivity index (χ0) is 10.0. The van der Waals surface area contributed by atoms with E-state index >= 15 is 0 Å². The summed E-state index contributed by atoms with van der Waals surface area (Å²) in [6.45, 7) is 6.80. The van der Waals surface area contributed by atoms with Crippen LogP contribution in [0.2, 0.25) is 0 Å². The number of hydrogen-bond acceptors (Lipinski definition) is 1. The van der Waals surface area contributed by atoms with Crippen molar-refractivity contribution in [3.05, 3.63) is 0 Å². The Morgan fingerprint density at radius 1 is 1.00 bits per heavy atom. The predicted molar refractivity (Wildman–Crippen MR) is 59.3 cm³/mol. The van der Waals surface area contributed by atoms with Crippen LogP contribution < -0.4 is 0 Å². The molecule has 0 amide bonds. The largest absolute Gasteiger partial charge is 0.381 e. The van der Waals surface area contributed by atoms with Gasteiger partial charge in [0, 0.05) is 13.2 Å².